The molecule has 0 fully saturated rings. The second-order valence-electron chi connectivity index (χ2n) is 2.08. The maximum Gasteiger partial charge on any atom is 0.406 e. The van der Waals surface area contributed by atoms with Gasteiger partial charge in [0.25, 0.3) is 0 Å². The van der Waals surface area contributed by atoms with Gasteiger partial charge in [-0.15, -0.1) is 0 Å². The normalized spacial score (nSPS) is 18.7. The Bertz CT molecular complexity index is 143. The predicted octanol–water partition coefficient (Wildman–Crippen LogP) is 0.813. The number of hydrogen-bond donors (Lipinski definition) is 2. The molecule has 5 heteroatoms. The van der Waals surface area contributed by atoms with Crippen molar-refractivity contribution in [2.45, 2.75) is 25.2 Å². The fraction of sp³-hybridized carbons (Fsp3) is 0.667. The molecule has 0 aliphatic carbocycles. The lowest BCUT2D eigenvalue weighted by molar-refractivity contribution is -0.163. The van der Waals surface area contributed by atoms with Crippen molar-refractivity contribution in [1.29, 1.82) is 0 Å². The van der Waals surface area contributed by atoms with Crippen LogP contribution in [0.15, 0.2) is 12.2 Å². The Balaban J connectivity index is 4.13. The maximum absolute atomic E-state index is 11.7. The molecule has 0 bridgehead atoms. The van der Waals surface area contributed by atoms with E-state index in [9.17, 15) is 13.2 Å². The van der Waals surface area contributed by atoms with Crippen LogP contribution >= 0.6 is 0 Å². The van der Waals surface area contributed by atoms with Gasteiger partial charge in [-0.25, -0.2) is 0 Å². The molecule has 0 rings (SSSR count). The van der Waals surface area contributed by atoms with Crippen molar-refractivity contribution in [1.82, 2.24) is 0 Å². The smallest absolute Gasteiger partial charge is 0.387 e. The fourth-order valence-corrected chi connectivity index (χ4v) is 0.511. The van der Waals surface area contributed by atoms with E-state index in [0.29, 0.717) is 0 Å². The van der Waals surface area contributed by atoms with Crippen molar-refractivity contribution in [3.05, 3.63) is 12.2 Å². The number of allylic oxidation sites excluding steroid dienone is 1. The molecule has 11 heavy (non-hydrogen) atoms. The summed E-state index contributed by atoms with van der Waals surface area (Å²) in [4.78, 5) is 0. The first-order valence-corrected chi connectivity index (χ1v) is 3.02. The molecule has 0 radical (unpaired) electrons. The molecular weight excluding hydrogens is 159 g/mol. The standard InChI is InChI=1S/C6H10F3NO/c1-2-3-4(11)5(10)6(7,8)9/h2-5,11H,10H2,1H3/b3-2+. The Morgan fingerprint density at radius 1 is 1.45 bits per heavy atom. The van der Waals surface area contributed by atoms with Gasteiger partial charge in [-0.2, -0.15) is 13.2 Å². The zero-order valence-electron chi connectivity index (χ0n) is 5.97. The van der Waals surface area contributed by atoms with E-state index < -0.39 is 18.3 Å². The van der Waals surface area contributed by atoms with Crippen molar-refractivity contribution < 1.29 is 18.3 Å². The third-order valence-electron chi connectivity index (χ3n) is 1.14. The highest BCUT2D eigenvalue weighted by atomic mass is 19.4. The van der Waals surface area contributed by atoms with Crippen molar-refractivity contribution >= 4 is 0 Å². The third kappa shape index (κ3) is 3.38. The molecule has 0 saturated carbocycles. The van der Waals surface area contributed by atoms with E-state index in [1.807, 2.05) is 0 Å². The molecule has 0 aromatic carbocycles. The van der Waals surface area contributed by atoms with Crippen LogP contribution in [-0.4, -0.2) is 23.4 Å². The van der Waals surface area contributed by atoms with Gasteiger partial charge in [-0.05, 0) is 6.92 Å². The van der Waals surface area contributed by atoms with E-state index in [2.05, 4.69) is 5.73 Å². The van der Waals surface area contributed by atoms with Crippen LogP contribution in [0.3, 0.4) is 0 Å². The first-order chi connectivity index (χ1) is 4.89. The number of nitrogens with two attached hydrogens (primary N) is 1. The van der Waals surface area contributed by atoms with Crippen LogP contribution in [0.4, 0.5) is 13.2 Å². The molecular formula is C6H10F3NO. The van der Waals surface area contributed by atoms with Crippen molar-refractivity contribution in [2.24, 2.45) is 5.73 Å². The SMILES string of the molecule is C/C=C/C(O)C(N)C(F)(F)F. The summed E-state index contributed by atoms with van der Waals surface area (Å²) >= 11 is 0. The van der Waals surface area contributed by atoms with Crippen LogP contribution in [0.1, 0.15) is 6.92 Å². The van der Waals surface area contributed by atoms with Crippen molar-refractivity contribution in [2.75, 3.05) is 0 Å². The second-order valence-corrected chi connectivity index (χ2v) is 2.08. The van der Waals surface area contributed by atoms with Gasteiger partial charge in [0, 0.05) is 0 Å². The average molecular weight is 169 g/mol. The summed E-state index contributed by atoms with van der Waals surface area (Å²) in [6.45, 7) is 1.51. The lowest BCUT2D eigenvalue weighted by Crippen LogP contribution is -2.46. The molecule has 2 atom stereocenters. The summed E-state index contributed by atoms with van der Waals surface area (Å²) in [6, 6.07) is -2.20. The molecule has 0 heterocycles. The van der Waals surface area contributed by atoms with E-state index in [-0.39, 0.29) is 0 Å². The topological polar surface area (TPSA) is 46.2 Å². The Labute approximate surface area is 62.5 Å². The van der Waals surface area contributed by atoms with E-state index in [1.54, 1.807) is 0 Å². The molecule has 66 valence electrons. The third-order valence-corrected chi connectivity index (χ3v) is 1.14. The molecule has 2 unspecified atom stereocenters. The molecule has 0 saturated heterocycles. The molecule has 3 N–H and O–H groups in total. The number of alkyl halides is 3. The number of aliphatic hydroxyl groups is 1. The van der Waals surface area contributed by atoms with Crippen LogP contribution < -0.4 is 5.73 Å². The van der Waals surface area contributed by atoms with Crippen molar-refractivity contribution in [3.8, 4) is 0 Å². The summed E-state index contributed by atoms with van der Waals surface area (Å²) in [5.41, 5.74) is 4.65. The monoisotopic (exact) mass is 169 g/mol. The molecule has 0 aliphatic heterocycles. The zero-order valence-corrected chi connectivity index (χ0v) is 5.97. The predicted molar refractivity (Wildman–Crippen MR) is 34.9 cm³/mol. The van der Waals surface area contributed by atoms with Crippen LogP contribution in [0.25, 0.3) is 0 Å². The maximum atomic E-state index is 11.7. The number of halogens is 3. The van der Waals surface area contributed by atoms with Gasteiger partial charge in [0.05, 0.1) is 6.10 Å². The lowest BCUT2D eigenvalue weighted by atomic mass is 10.1. The van der Waals surface area contributed by atoms with Gasteiger partial charge in [0.1, 0.15) is 6.04 Å². The largest absolute Gasteiger partial charge is 0.406 e. The number of rotatable bonds is 2. The molecule has 0 amide bonds. The Hall–Kier alpha value is -0.550. The summed E-state index contributed by atoms with van der Waals surface area (Å²) in [5.74, 6) is 0. The number of hydrogen-bond acceptors (Lipinski definition) is 2. The van der Waals surface area contributed by atoms with Gasteiger partial charge < -0.3 is 10.8 Å². The lowest BCUT2D eigenvalue weighted by Gasteiger charge is -2.18. The second kappa shape index (κ2) is 3.73. The fourth-order valence-electron chi connectivity index (χ4n) is 0.511. The highest BCUT2D eigenvalue weighted by Gasteiger charge is 2.40. The first-order valence-electron chi connectivity index (χ1n) is 3.02. The average Bonchev–Trinajstić information content (AvgIpc) is 1.85. The molecule has 2 nitrogen and oxygen atoms in total. The van der Waals surface area contributed by atoms with E-state index >= 15 is 0 Å². The minimum absolute atomic E-state index is 0.998. The minimum atomic E-state index is -4.54. The van der Waals surface area contributed by atoms with Crippen LogP contribution in [0, 0.1) is 0 Å². The van der Waals surface area contributed by atoms with Gasteiger partial charge in [0.15, 0.2) is 0 Å². The van der Waals surface area contributed by atoms with Crippen LogP contribution in [-0.2, 0) is 0 Å². The Kier molecular flexibility index (Phi) is 3.54. The van der Waals surface area contributed by atoms with Gasteiger partial charge >= 0.3 is 6.18 Å². The summed E-state index contributed by atoms with van der Waals surface area (Å²) in [5, 5.41) is 8.72. The van der Waals surface area contributed by atoms with Gasteiger partial charge in [-0.1, -0.05) is 12.2 Å². The highest BCUT2D eigenvalue weighted by Crippen LogP contribution is 2.20. The summed E-state index contributed by atoms with van der Waals surface area (Å²) < 4.78 is 35.1. The quantitative estimate of drug-likeness (QED) is 0.601. The first kappa shape index (κ1) is 10.4. The summed E-state index contributed by atoms with van der Waals surface area (Å²) in [6.07, 6.45) is -3.88. The van der Waals surface area contributed by atoms with E-state index in [0.717, 1.165) is 6.08 Å². The minimum Gasteiger partial charge on any atom is -0.387 e. The zero-order chi connectivity index (χ0) is 9.07. The summed E-state index contributed by atoms with van der Waals surface area (Å²) in [7, 11) is 0. The molecule has 0 spiro atoms. The molecule has 0 aromatic rings. The highest BCUT2D eigenvalue weighted by molar-refractivity contribution is 4.94. The molecule has 0 aromatic heterocycles. The van der Waals surface area contributed by atoms with Crippen LogP contribution in [0.2, 0.25) is 0 Å². The Morgan fingerprint density at radius 3 is 2.18 bits per heavy atom. The van der Waals surface area contributed by atoms with Crippen LogP contribution in [0.5, 0.6) is 0 Å². The van der Waals surface area contributed by atoms with E-state index in [4.69, 9.17) is 5.11 Å². The van der Waals surface area contributed by atoms with Gasteiger partial charge in [0.2, 0.25) is 0 Å². The van der Waals surface area contributed by atoms with Gasteiger partial charge in [-0.3, -0.25) is 0 Å². The molecule has 0 aliphatic rings. The Morgan fingerprint density at radius 2 is 1.91 bits per heavy atom. The van der Waals surface area contributed by atoms with E-state index in [1.165, 1.54) is 13.0 Å². The van der Waals surface area contributed by atoms with Crippen molar-refractivity contribution in [3.63, 3.8) is 0 Å². The number of aliphatic hydroxyl groups excluding tert-OH is 1.